The lowest BCUT2D eigenvalue weighted by molar-refractivity contribution is -0.384. The Kier molecular flexibility index (Phi) is 5.01. The topological polar surface area (TPSA) is 122 Å². The highest BCUT2D eigenvalue weighted by molar-refractivity contribution is 5.98. The quantitative estimate of drug-likeness (QED) is 0.469. The molecule has 0 aliphatic carbocycles. The van der Waals surface area contributed by atoms with Crippen LogP contribution in [0.2, 0.25) is 0 Å². The van der Waals surface area contributed by atoms with Crippen molar-refractivity contribution in [3.05, 3.63) is 33.9 Å². The minimum absolute atomic E-state index is 0.0154. The molecule has 2 heterocycles. The molecule has 0 radical (unpaired) electrons. The summed E-state index contributed by atoms with van der Waals surface area (Å²) < 4.78 is 4.90. The van der Waals surface area contributed by atoms with Gasteiger partial charge in [-0.15, -0.1) is 0 Å². The molecule has 26 heavy (non-hydrogen) atoms. The molecule has 0 aromatic heterocycles. The number of carbonyl (C=O) groups excluding carboxylic acids is 3. The number of urea groups is 1. The van der Waals surface area contributed by atoms with E-state index in [0.717, 1.165) is 36.9 Å². The first-order valence-corrected chi connectivity index (χ1v) is 8.26. The average molecular weight is 362 g/mol. The number of nitro groups is 1. The van der Waals surface area contributed by atoms with Crippen LogP contribution in [0.4, 0.5) is 16.2 Å². The molecule has 2 aliphatic heterocycles. The maximum atomic E-state index is 12.1. The van der Waals surface area contributed by atoms with Crippen LogP contribution in [0.1, 0.15) is 23.2 Å². The number of imide groups is 1. The van der Waals surface area contributed by atoms with Crippen molar-refractivity contribution in [2.75, 3.05) is 37.7 Å². The van der Waals surface area contributed by atoms with Crippen molar-refractivity contribution in [3.8, 4) is 0 Å². The molecule has 1 aromatic carbocycles. The molecule has 0 bridgehead atoms. The summed E-state index contributed by atoms with van der Waals surface area (Å²) in [7, 11) is 0. The van der Waals surface area contributed by atoms with Crippen LogP contribution in [0.25, 0.3) is 0 Å². The number of hydrogen-bond acceptors (Lipinski definition) is 7. The molecule has 10 nitrogen and oxygen atoms in total. The van der Waals surface area contributed by atoms with E-state index in [1.807, 2.05) is 4.90 Å². The van der Waals surface area contributed by atoms with Gasteiger partial charge in [-0.2, -0.15) is 0 Å². The molecule has 0 spiro atoms. The highest BCUT2D eigenvalue weighted by Gasteiger charge is 2.28. The minimum Gasteiger partial charge on any atom is -0.452 e. The first-order valence-electron chi connectivity index (χ1n) is 8.26. The standard InChI is InChI=1S/C16H18N4O6/c21-14(19-8-5-17-16(19)23)10-26-15(22)11-3-4-12(13(9-11)20(24)25)18-6-1-2-7-18/h3-4,9H,1-2,5-8,10H2,(H,17,23). The number of ether oxygens (including phenoxy) is 1. The normalized spacial score (nSPS) is 16.5. The van der Waals surface area contributed by atoms with Crippen LogP contribution in [0.5, 0.6) is 0 Å². The number of anilines is 1. The first kappa shape index (κ1) is 17.6. The van der Waals surface area contributed by atoms with Crippen molar-refractivity contribution in [1.29, 1.82) is 0 Å². The van der Waals surface area contributed by atoms with E-state index in [1.165, 1.54) is 12.1 Å². The number of esters is 1. The van der Waals surface area contributed by atoms with E-state index in [2.05, 4.69) is 5.32 Å². The van der Waals surface area contributed by atoms with Gasteiger partial charge in [0.1, 0.15) is 5.69 Å². The zero-order valence-corrected chi connectivity index (χ0v) is 14.0. The largest absolute Gasteiger partial charge is 0.452 e. The zero-order valence-electron chi connectivity index (χ0n) is 14.0. The van der Waals surface area contributed by atoms with Crippen LogP contribution in [0, 0.1) is 10.1 Å². The van der Waals surface area contributed by atoms with E-state index in [-0.39, 0.29) is 17.8 Å². The Morgan fingerprint density at radius 2 is 1.96 bits per heavy atom. The van der Waals surface area contributed by atoms with E-state index in [1.54, 1.807) is 0 Å². The molecule has 0 atom stereocenters. The van der Waals surface area contributed by atoms with Crippen LogP contribution < -0.4 is 10.2 Å². The van der Waals surface area contributed by atoms with Gasteiger partial charge < -0.3 is 15.0 Å². The predicted molar refractivity (Wildman–Crippen MR) is 89.9 cm³/mol. The zero-order chi connectivity index (χ0) is 18.7. The van der Waals surface area contributed by atoms with Crippen LogP contribution >= 0.6 is 0 Å². The van der Waals surface area contributed by atoms with Crippen LogP contribution in [0.15, 0.2) is 18.2 Å². The van der Waals surface area contributed by atoms with Crippen molar-refractivity contribution in [2.24, 2.45) is 0 Å². The number of nitro benzene ring substituents is 1. The minimum atomic E-state index is -0.853. The van der Waals surface area contributed by atoms with Gasteiger partial charge in [-0.3, -0.25) is 19.8 Å². The molecule has 2 saturated heterocycles. The average Bonchev–Trinajstić information content (AvgIpc) is 3.30. The fraction of sp³-hybridized carbons (Fsp3) is 0.438. The number of nitrogens with zero attached hydrogens (tertiary/aromatic N) is 3. The Morgan fingerprint density at radius 1 is 1.23 bits per heavy atom. The van der Waals surface area contributed by atoms with Crippen LogP contribution in [0.3, 0.4) is 0 Å². The SMILES string of the molecule is O=C(OCC(=O)N1CCNC1=O)c1ccc(N2CCCC2)c([N+](=O)[O-])c1. The smallest absolute Gasteiger partial charge is 0.338 e. The highest BCUT2D eigenvalue weighted by Crippen LogP contribution is 2.31. The van der Waals surface area contributed by atoms with Gasteiger partial charge >= 0.3 is 12.0 Å². The molecule has 10 heteroatoms. The lowest BCUT2D eigenvalue weighted by Crippen LogP contribution is -2.37. The van der Waals surface area contributed by atoms with Gasteiger partial charge in [-0.05, 0) is 25.0 Å². The first-order chi connectivity index (χ1) is 12.5. The summed E-state index contributed by atoms with van der Waals surface area (Å²) in [4.78, 5) is 49.0. The molecule has 138 valence electrons. The fourth-order valence-corrected chi connectivity index (χ4v) is 3.02. The Morgan fingerprint density at radius 3 is 2.58 bits per heavy atom. The number of carbonyl (C=O) groups is 3. The second kappa shape index (κ2) is 7.38. The highest BCUT2D eigenvalue weighted by atomic mass is 16.6. The molecular formula is C16H18N4O6. The summed E-state index contributed by atoms with van der Waals surface area (Å²) in [5.74, 6) is -1.49. The summed E-state index contributed by atoms with van der Waals surface area (Å²) in [5.41, 5.74) is 0.277. The van der Waals surface area contributed by atoms with Crippen molar-refractivity contribution in [2.45, 2.75) is 12.8 Å². The van der Waals surface area contributed by atoms with Gasteiger partial charge in [0.2, 0.25) is 0 Å². The number of amides is 3. The summed E-state index contributed by atoms with van der Waals surface area (Å²) >= 11 is 0. The maximum Gasteiger partial charge on any atom is 0.338 e. The molecule has 1 N–H and O–H groups in total. The molecular weight excluding hydrogens is 344 g/mol. The van der Waals surface area contributed by atoms with Gasteiger partial charge in [0.25, 0.3) is 11.6 Å². The van der Waals surface area contributed by atoms with E-state index >= 15 is 0 Å². The summed E-state index contributed by atoms with van der Waals surface area (Å²) in [6, 6.07) is 3.59. The molecule has 1 aromatic rings. The third-order valence-electron chi connectivity index (χ3n) is 4.34. The molecule has 2 aliphatic rings. The lowest BCUT2D eigenvalue weighted by Gasteiger charge is -2.17. The number of rotatable bonds is 5. The second-order valence-corrected chi connectivity index (χ2v) is 6.01. The molecule has 3 amide bonds. The van der Waals surface area contributed by atoms with Crippen molar-refractivity contribution >= 4 is 29.3 Å². The molecule has 0 unspecified atom stereocenters. The Labute approximate surface area is 148 Å². The van der Waals surface area contributed by atoms with Crippen LogP contribution in [-0.4, -0.2) is 60.5 Å². The van der Waals surface area contributed by atoms with E-state index in [0.29, 0.717) is 12.2 Å². The summed E-state index contributed by atoms with van der Waals surface area (Å²) in [6.07, 6.45) is 1.93. The summed E-state index contributed by atoms with van der Waals surface area (Å²) in [5, 5.41) is 13.8. The Hall–Kier alpha value is -3.17. The van der Waals surface area contributed by atoms with Gasteiger partial charge in [0.15, 0.2) is 6.61 Å². The van der Waals surface area contributed by atoms with Gasteiger partial charge in [0.05, 0.1) is 10.5 Å². The third kappa shape index (κ3) is 3.58. The van der Waals surface area contributed by atoms with Crippen molar-refractivity contribution in [3.63, 3.8) is 0 Å². The Bertz CT molecular complexity index is 759. The van der Waals surface area contributed by atoms with E-state index in [9.17, 15) is 24.5 Å². The van der Waals surface area contributed by atoms with Gasteiger partial charge in [-0.1, -0.05) is 0 Å². The number of benzene rings is 1. The molecule has 3 rings (SSSR count). The summed E-state index contributed by atoms with van der Waals surface area (Å²) in [6.45, 7) is 1.43. The van der Waals surface area contributed by atoms with Crippen LogP contribution in [-0.2, 0) is 9.53 Å². The van der Waals surface area contributed by atoms with E-state index < -0.39 is 29.4 Å². The van der Waals surface area contributed by atoms with Gasteiger partial charge in [0, 0.05) is 32.2 Å². The molecule has 2 fully saturated rings. The number of nitrogens with one attached hydrogen (secondary N) is 1. The monoisotopic (exact) mass is 362 g/mol. The van der Waals surface area contributed by atoms with Crippen molar-refractivity contribution < 1.29 is 24.0 Å². The molecule has 0 saturated carbocycles. The maximum absolute atomic E-state index is 12.1. The number of hydrogen-bond donors (Lipinski definition) is 1. The van der Waals surface area contributed by atoms with E-state index in [4.69, 9.17) is 4.74 Å². The van der Waals surface area contributed by atoms with Gasteiger partial charge in [-0.25, -0.2) is 9.59 Å². The predicted octanol–water partition coefficient (Wildman–Crippen LogP) is 0.904. The van der Waals surface area contributed by atoms with Crippen molar-refractivity contribution in [1.82, 2.24) is 10.2 Å². The third-order valence-corrected chi connectivity index (χ3v) is 4.34. The second-order valence-electron chi connectivity index (χ2n) is 6.01. The Balaban J connectivity index is 1.69. The fourth-order valence-electron chi connectivity index (χ4n) is 3.02. The lowest BCUT2D eigenvalue weighted by atomic mass is 10.1.